The lowest BCUT2D eigenvalue weighted by atomic mass is 10.2. The molecule has 3 heterocycles. The van der Waals surface area contributed by atoms with E-state index >= 15 is 0 Å². The smallest absolute Gasteiger partial charge is 0.284 e. The van der Waals surface area contributed by atoms with E-state index in [0.29, 0.717) is 42.4 Å². The van der Waals surface area contributed by atoms with Crippen LogP contribution in [0.2, 0.25) is 0 Å². The molecule has 140 valence electrons. The van der Waals surface area contributed by atoms with Crippen LogP contribution >= 0.6 is 11.8 Å². The summed E-state index contributed by atoms with van der Waals surface area (Å²) < 4.78 is 21.8. The Balaban J connectivity index is 1.32. The number of fused-ring (bicyclic) bond motifs is 1. The summed E-state index contributed by atoms with van der Waals surface area (Å²) in [5.41, 5.74) is 0.970. The first-order valence-electron chi connectivity index (χ1n) is 8.32. The number of aromatic nitrogens is 2. The monoisotopic (exact) mass is 387 g/mol. The van der Waals surface area contributed by atoms with Gasteiger partial charge >= 0.3 is 0 Å². The van der Waals surface area contributed by atoms with Crippen LogP contribution in [0.4, 0.5) is 0 Å². The van der Waals surface area contributed by atoms with Crippen molar-refractivity contribution in [3.63, 3.8) is 0 Å². The fourth-order valence-corrected chi connectivity index (χ4v) is 3.25. The molecule has 0 saturated carbocycles. The van der Waals surface area contributed by atoms with Gasteiger partial charge < -0.3 is 23.2 Å². The minimum atomic E-state index is -0.0485. The number of carbonyl (C=O) groups is 1. The van der Waals surface area contributed by atoms with Crippen LogP contribution in [0.5, 0.6) is 11.5 Å². The lowest BCUT2D eigenvalue weighted by molar-refractivity contribution is -0.127. The molecule has 8 nitrogen and oxygen atoms in total. The molecule has 0 aliphatic carbocycles. The molecule has 0 N–H and O–H groups in total. The minimum absolute atomic E-state index is 0.0485. The maximum Gasteiger partial charge on any atom is 0.284 e. The van der Waals surface area contributed by atoms with Gasteiger partial charge in [-0.25, -0.2) is 0 Å². The van der Waals surface area contributed by atoms with Gasteiger partial charge in [0.25, 0.3) is 11.1 Å². The topological polar surface area (TPSA) is 90.8 Å². The second-order valence-corrected chi connectivity index (χ2v) is 6.79. The Labute approximate surface area is 159 Å². The highest BCUT2D eigenvalue weighted by Gasteiger charge is 2.17. The largest absolute Gasteiger partial charge is 0.486 e. The molecule has 0 fully saturated rings. The number of amides is 1. The van der Waals surface area contributed by atoms with Gasteiger partial charge in [-0.3, -0.25) is 4.79 Å². The van der Waals surface area contributed by atoms with E-state index in [9.17, 15) is 4.79 Å². The summed E-state index contributed by atoms with van der Waals surface area (Å²) >= 11 is 1.19. The zero-order valence-corrected chi connectivity index (χ0v) is 15.4. The molecule has 0 bridgehead atoms. The van der Waals surface area contributed by atoms with Gasteiger partial charge in [-0.15, -0.1) is 10.2 Å². The van der Waals surface area contributed by atoms with E-state index in [-0.39, 0.29) is 11.7 Å². The van der Waals surface area contributed by atoms with Crippen LogP contribution in [0, 0.1) is 0 Å². The number of nitrogens with zero attached hydrogens (tertiary/aromatic N) is 3. The molecule has 0 unspecified atom stereocenters. The van der Waals surface area contributed by atoms with Gasteiger partial charge in [0.2, 0.25) is 5.91 Å². The van der Waals surface area contributed by atoms with Crippen molar-refractivity contribution in [1.82, 2.24) is 15.1 Å². The average Bonchev–Trinajstić information content (AvgIpc) is 3.37. The first-order valence-corrected chi connectivity index (χ1v) is 9.30. The molecule has 2 aromatic heterocycles. The number of hydrogen-bond acceptors (Lipinski definition) is 8. The van der Waals surface area contributed by atoms with Gasteiger partial charge in [0.05, 0.1) is 12.0 Å². The third-order valence-corrected chi connectivity index (χ3v) is 4.71. The number of thioether (sulfide) groups is 1. The predicted molar refractivity (Wildman–Crippen MR) is 96.6 cm³/mol. The van der Waals surface area contributed by atoms with Gasteiger partial charge in [0.15, 0.2) is 17.3 Å². The quantitative estimate of drug-likeness (QED) is 0.597. The first kappa shape index (κ1) is 17.5. The summed E-state index contributed by atoms with van der Waals surface area (Å²) in [4.78, 5) is 14.0. The van der Waals surface area contributed by atoms with Crippen LogP contribution in [0.25, 0.3) is 11.7 Å². The molecule has 1 aromatic carbocycles. The summed E-state index contributed by atoms with van der Waals surface area (Å²) in [6.45, 7) is 1.56. The molecular weight excluding hydrogens is 370 g/mol. The molecular formula is C18H17N3O5S. The number of ether oxygens (including phenoxy) is 2. The second kappa shape index (κ2) is 7.75. The van der Waals surface area contributed by atoms with E-state index in [1.807, 2.05) is 18.2 Å². The van der Waals surface area contributed by atoms with Crippen LogP contribution in [0.3, 0.4) is 0 Å². The molecule has 1 aliphatic rings. The van der Waals surface area contributed by atoms with E-state index in [2.05, 4.69) is 10.2 Å². The number of furan rings is 1. The van der Waals surface area contributed by atoms with Crippen LogP contribution in [-0.2, 0) is 11.3 Å². The first-order chi connectivity index (χ1) is 13.2. The number of rotatable bonds is 6. The number of carbonyl (C=O) groups excluding carboxylic acids is 1. The fraction of sp³-hybridized carbons (Fsp3) is 0.278. The number of benzene rings is 1. The third kappa shape index (κ3) is 4.08. The van der Waals surface area contributed by atoms with Crippen LogP contribution in [0.15, 0.2) is 50.7 Å². The Bertz CT molecular complexity index is 925. The van der Waals surface area contributed by atoms with Crippen LogP contribution in [-0.4, -0.2) is 47.0 Å². The van der Waals surface area contributed by atoms with Crippen LogP contribution in [0.1, 0.15) is 5.56 Å². The standard InChI is InChI=1S/C18H17N3O5S/c1-21(10-12-4-5-13-15(9-12)25-8-7-24-13)16(22)11-27-18-20-19-17(26-18)14-3-2-6-23-14/h2-6,9H,7-8,10-11H2,1H3. The van der Waals surface area contributed by atoms with E-state index in [1.165, 1.54) is 18.0 Å². The minimum Gasteiger partial charge on any atom is -0.486 e. The molecule has 0 radical (unpaired) electrons. The van der Waals surface area contributed by atoms with Crippen molar-refractivity contribution >= 4 is 17.7 Å². The summed E-state index contributed by atoms with van der Waals surface area (Å²) in [5.74, 6) is 2.38. The highest BCUT2D eigenvalue weighted by Crippen LogP contribution is 2.31. The highest BCUT2D eigenvalue weighted by molar-refractivity contribution is 7.99. The van der Waals surface area contributed by atoms with Crippen molar-refractivity contribution in [1.29, 1.82) is 0 Å². The fourth-order valence-electron chi connectivity index (χ4n) is 2.55. The predicted octanol–water partition coefficient (Wildman–Crippen LogP) is 2.85. The second-order valence-electron chi connectivity index (χ2n) is 5.87. The van der Waals surface area contributed by atoms with Gasteiger partial charge in [0.1, 0.15) is 13.2 Å². The van der Waals surface area contributed by atoms with Gasteiger partial charge in [0, 0.05) is 13.6 Å². The van der Waals surface area contributed by atoms with E-state index in [0.717, 1.165) is 11.3 Å². The Kier molecular flexibility index (Phi) is 5.01. The van der Waals surface area contributed by atoms with Crippen molar-refractivity contribution < 1.29 is 23.1 Å². The summed E-state index contributed by atoms with van der Waals surface area (Å²) in [7, 11) is 1.75. The van der Waals surface area contributed by atoms with E-state index in [1.54, 1.807) is 24.1 Å². The molecule has 9 heteroatoms. The maximum absolute atomic E-state index is 12.4. The van der Waals surface area contributed by atoms with Gasteiger partial charge in [-0.1, -0.05) is 17.8 Å². The SMILES string of the molecule is CN(Cc1ccc2c(c1)OCCO2)C(=O)CSc1nnc(-c2ccco2)o1. The molecule has 3 aromatic rings. The molecule has 0 spiro atoms. The molecule has 27 heavy (non-hydrogen) atoms. The van der Waals surface area contributed by atoms with E-state index in [4.69, 9.17) is 18.3 Å². The van der Waals surface area contributed by atoms with Crippen molar-refractivity contribution in [3.8, 4) is 23.1 Å². The normalized spacial score (nSPS) is 12.8. The van der Waals surface area contributed by atoms with Crippen molar-refractivity contribution in [2.75, 3.05) is 26.0 Å². The van der Waals surface area contributed by atoms with Gasteiger partial charge in [-0.2, -0.15) is 0 Å². The van der Waals surface area contributed by atoms with Crippen molar-refractivity contribution in [2.45, 2.75) is 11.8 Å². The van der Waals surface area contributed by atoms with Gasteiger partial charge in [-0.05, 0) is 29.8 Å². The van der Waals surface area contributed by atoms with E-state index < -0.39 is 0 Å². The zero-order chi connectivity index (χ0) is 18.6. The molecule has 0 atom stereocenters. The zero-order valence-electron chi connectivity index (χ0n) is 14.6. The molecule has 0 saturated heterocycles. The highest BCUT2D eigenvalue weighted by atomic mass is 32.2. The lowest BCUT2D eigenvalue weighted by Gasteiger charge is -2.21. The summed E-state index contributed by atoms with van der Waals surface area (Å²) in [6.07, 6.45) is 1.53. The third-order valence-electron chi connectivity index (χ3n) is 3.91. The average molecular weight is 387 g/mol. The van der Waals surface area contributed by atoms with Crippen LogP contribution < -0.4 is 9.47 Å². The molecule has 4 rings (SSSR count). The summed E-state index contributed by atoms with van der Waals surface area (Å²) in [6, 6.07) is 9.17. The van der Waals surface area contributed by atoms with Crippen molar-refractivity contribution in [2.24, 2.45) is 0 Å². The Morgan fingerprint density at radius 3 is 2.85 bits per heavy atom. The Morgan fingerprint density at radius 1 is 1.19 bits per heavy atom. The molecule has 1 aliphatic heterocycles. The molecule has 1 amide bonds. The lowest BCUT2D eigenvalue weighted by Crippen LogP contribution is -2.27. The number of hydrogen-bond donors (Lipinski definition) is 0. The Morgan fingerprint density at radius 2 is 2.04 bits per heavy atom. The van der Waals surface area contributed by atoms with Crippen molar-refractivity contribution in [3.05, 3.63) is 42.2 Å². The Hall–Kier alpha value is -2.94. The maximum atomic E-state index is 12.4. The summed E-state index contributed by atoms with van der Waals surface area (Å²) in [5, 5.41) is 8.15.